The minimum atomic E-state index is -0.128. The van der Waals surface area contributed by atoms with Crippen molar-refractivity contribution in [1.82, 2.24) is 9.80 Å². The summed E-state index contributed by atoms with van der Waals surface area (Å²) in [6.45, 7) is 5.83. The number of urea groups is 1. The third-order valence-electron chi connectivity index (χ3n) is 6.46. The second kappa shape index (κ2) is 8.02. The number of methoxy groups -OCH3 is 1. The highest BCUT2D eigenvalue weighted by molar-refractivity contribution is 5.98. The number of carbonyl (C=O) groups excluding carboxylic acids is 2. The van der Waals surface area contributed by atoms with E-state index in [-0.39, 0.29) is 17.9 Å². The van der Waals surface area contributed by atoms with Gasteiger partial charge in [-0.2, -0.15) is 0 Å². The molecular weight excluding hydrogens is 354 g/mol. The van der Waals surface area contributed by atoms with Crippen LogP contribution in [0.15, 0.2) is 12.1 Å². The summed E-state index contributed by atoms with van der Waals surface area (Å²) in [5.41, 5.74) is 3.38. The lowest BCUT2D eigenvalue weighted by Gasteiger charge is -2.38. The first-order chi connectivity index (χ1) is 13.6. The van der Waals surface area contributed by atoms with Crippen molar-refractivity contribution >= 4 is 17.6 Å². The number of piperidine rings is 1. The molecule has 0 saturated carbocycles. The van der Waals surface area contributed by atoms with E-state index in [1.54, 1.807) is 7.11 Å². The van der Waals surface area contributed by atoms with E-state index < -0.39 is 0 Å². The minimum absolute atomic E-state index is 0.113. The first kappa shape index (κ1) is 19.1. The van der Waals surface area contributed by atoms with Crippen LogP contribution in [0.25, 0.3) is 0 Å². The molecule has 0 radical (unpaired) electrons. The van der Waals surface area contributed by atoms with Crippen LogP contribution in [-0.2, 0) is 11.2 Å². The number of hydrogen-bond donors (Lipinski definition) is 0. The lowest BCUT2D eigenvalue weighted by molar-refractivity contribution is -0.123. The first-order valence-corrected chi connectivity index (χ1v) is 10.6. The van der Waals surface area contributed by atoms with Crippen molar-refractivity contribution in [3.8, 4) is 5.75 Å². The van der Waals surface area contributed by atoms with E-state index in [0.29, 0.717) is 6.54 Å². The van der Waals surface area contributed by atoms with Crippen molar-refractivity contribution in [3.05, 3.63) is 23.3 Å². The fraction of sp³-hybridized carbons (Fsp3) is 0.636. The molecule has 0 spiro atoms. The molecule has 1 unspecified atom stereocenters. The molecule has 0 aliphatic carbocycles. The van der Waals surface area contributed by atoms with Gasteiger partial charge in [0.05, 0.1) is 18.7 Å². The highest BCUT2D eigenvalue weighted by Crippen LogP contribution is 2.39. The van der Waals surface area contributed by atoms with Crippen LogP contribution in [0.3, 0.4) is 0 Å². The molecule has 1 aromatic carbocycles. The number of likely N-dealkylation sites (tertiary alicyclic amines) is 2. The van der Waals surface area contributed by atoms with E-state index in [1.807, 2.05) is 20.8 Å². The Morgan fingerprint density at radius 1 is 1.00 bits per heavy atom. The number of rotatable bonds is 2. The summed E-state index contributed by atoms with van der Waals surface area (Å²) in [7, 11) is 1.67. The summed E-state index contributed by atoms with van der Waals surface area (Å²) in [6.07, 6.45) is 5.86. The fourth-order valence-electron chi connectivity index (χ4n) is 4.92. The Bertz CT molecular complexity index is 758. The predicted octanol–water partition coefficient (Wildman–Crippen LogP) is 3.21. The molecule has 0 bridgehead atoms. The zero-order valence-corrected chi connectivity index (χ0v) is 17.1. The van der Waals surface area contributed by atoms with Crippen molar-refractivity contribution in [2.24, 2.45) is 5.92 Å². The SMILES string of the molecule is COc1ccc(C)c2c1N(C(=O)C1CCCN(C(=O)N3CCCC3)C1)CCC2. The van der Waals surface area contributed by atoms with Crippen LogP contribution in [0.2, 0.25) is 0 Å². The van der Waals surface area contributed by atoms with Crippen molar-refractivity contribution < 1.29 is 14.3 Å². The molecule has 28 heavy (non-hydrogen) atoms. The highest BCUT2D eigenvalue weighted by atomic mass is 16.5. The number of aryl methyl sites for hydroxylation is 1. The van der Waals surface area contributed by atoms with Gasteiger partial charge in [-0.1, -0.05) is 6.07 Å². The average molecular weight is 386 g/mol. The third-order valence-corrected chi connectivity index (χ3v) is 6.46. The van der Waals surface area contributed by atoms with Crippen LogP contribution in [-0.4, -0.2) is 61.6 Å². The van der Waals surface area contributed by atoms with E-state index in [2.05, 4.69) is 13.0 Å². The third kappa shape index (κ3) is 3.45. The molecule has 6 heteroatoms. The van der Waals surface area contributed by atoms with Gasteiger partial charge >= 0.3 is 6.03 Å². The average Bonchev–Trinajstić information content (AvgIpc) is 3.28. The number of ether oxygens (including phenoxy) is 1. The van der Waals surface area contributed by atoms with Crippen molar-refractivity contribution in [2.75, 3.05) is 44.7 Å². The Labute approximate surface area is 167 Å². The maximum absolute atomic E-state index is 13.5. The van der Waals surface area contributed by atoms with E-state index in [1.165, 1.54) is 11.1 Å². The topological polar surface area (TPSA) is 53.1 Å². The Kier molecular flexibility index (Phi) is 5.47. The molecule has 1 atom stereocenters. The van der Waals surface area contributed by atoms with Crippen LogP contribution in [0.4, 0.5) is 10.5 Å². The van der Waals surface area contributed by atoms with Gasteiger partial charge in [-0.05, 0) is 62.6 Å². The summed E-state index contributed by atoms with van der Waals surface area (Å²) in [5.74, 6) is 0.787. The van der Waals surface area contributed by atoms with Crippen molar-refractivity contribution in [2.45, 2.75) is 45.4 Å². The van der Waals surface area contributed by atoms with Gasteiger partial charge in [0.15, 0.2) is 0 Å². The molecule has 0 aromatic heterocycles. The first-order valence-electron chi connectivity index (χ1n) is 10.6. The molecule has 3 amide bonds. The Morgan fingerprint density at radius 2 is 1.75 bits per heavy atom. The summed E-state index contributed by atoms with van der Waals surface area (Å²) in [6, 6.07) is 4.15. The molecule has 4 rings (SSSR count). The van der Waals surface area contributed by atoms with E-state index in [0.717, 1.165) is 76.1 Å². The second-order valence-corrected chi connectivity index (χ2v) is 8.27. The molecule has 3 heterocycles. The van der Waals surface area contributed by atoms with Crippen LogP contribution >= 0.6 is 0 Å². The maximum atomic E-state index is 13.5. The van der Waals surface area contributed by atoms with Crippen molar-refractivity contribution in [1.29, 1.82) is 0 Å². The lowest BCUT2D eigenvalue weighted by atomic mass is 9.92. The van der Waals surface area contributed by atoms with Gasteiger partial charge in [-0.3, -0.25) is 4.79 Å². The van der Waals surface area contributed by atoms with Crippen LogP contribution in [0, 0.1) is 12.8 Å². The number of nitrogens with zero attached hydrogens (tertiary/aromatic N) is 3. The van der Waals surface area contributed by atoms with Gasteiger partial charge in [0.2, 0.25) is 5.91 Å². The summed E-state index contributed by atoms with van der Waals surface area (Å²) >= 11 is 0. The number of hydrogen-bond acceptors (Lipinski definition) is 3. The number of fused-ring (bicyclic) bond motifs is 1. The number of anilines is 1. The second-order valence-electron chi connectivity index (χ2n) is 8.27. The van der Waals surface area contributed by atoms with Crippen LogP contribution < -0.4 is 9.64 Å². The normalized spacial score (nSPS) is 22.2. The Balaban J connectivity index is 1.54. The monoisotopic (exact) mass is 385 g/mol. The zero-order chi connectivity index (χ0) is 19.7. The maximum Gasteiger partial charge on any atom is 0.320 e. The molecule has 3 aliphatic rings. The van der Waals surface area contributed by atoms with Crippen LogP contribution in [0.5, 0.6) is 5.75 Å². The standard InChI is InChI=1S/C22H31N3O3/c1-16-9-10-19(28-2)20-18(16)8-6-14-25(20)21(26)17-7-5-13-24(15-17)22(27)23-11-3-4-12-23/h9-10,17H,3-8,11-15H2,1-2H3. The van der Waals surface area contributed by atoms with Gasteiger partial charge in [-0.15, -0.1) is 0 Å². The smallest absolute Gasteiger partial charge is 0.320 e. The number of carbonyl (C=O) groups is 2. The van der Waals surface area contributed by atoms with E-state index >= 15 is 0 Å². The van der Waals surface area contributed by atoms with E-state index in [4.69, 9.17) is 4.74 Å². The molecule has 2 fully saturated rings. The van der Waals surface area contributed by atoms with Gasteiger partial charge in [0.1, 0.15) is 5.75 Å². The summed E-state index contributed by atoms with van der Waals surface area (Å²) < 4.78 is 5.60. The summed E-state index contributed by atoms with van der Waals surface area (Å²) in [4.78, 5) is 32.1. The van der Waals surface area contributed by atoms with Gasteiger partial charge < -0.3 is 19.4 Å². The molecule has 2 saturated heterocycles. The molecule has 1 aromatic rings. The highest BCUT2D eigenvalue weighted by Gasteiger charge is 2.36. The Morgan fingerprint density at radius 3 is 2.50 bits per heavy atom. The van der Waals surface area contributed by atoms with Crippen LogP contribution in [0.1, 0.15) is 43.2 Å². The Hall–Kier alpha value is -2.24. The molecule has 3 aliphatic heterocycles. The lowest BCUT2D eigenvalue weighted by Crippen LogP contribution is -2.51. The molecule has 6 nitrogen and oxygen atoms in total. The van der Waals surface area contributed by atoms with Crippen molar-refractivity contribution in [3.63, 3.8) is 0 Å². The largest absolute Gasteiger partial charge is 0.495 e. The minimum Gasteiger partial charge on any atom is -0.495 e. The molecule has 0 N–H and O–H groups in total. The predicted molar refractivity (Wildman–Crippen MR) is 109 cm³/mol. The quantitative estimate of drug-likeness (QED) is 0.786. The van der Waals surface area contributed by atoms with Gasteiger partial charge in [-0.25, -0.2) is 4.79 Å². The fourth-order valence-corrected chi connectivity index (χ4v) is 4.92. The zero-order valence-electron chi connectivity index (χ0n) is 17.1. The number of amides is 3. The van der Waals surface area contributed by atoms with E-state index in [9.17, 15) is 9.59 Å². The van der Waals surface area contributed by atoms with Gasteiger partial charge in [0.25, 0.3) is 0 Å². The summed E-state index contributed by atoms with van der Waals surface area (Å²) in [5, 5.41) is 0. The molecular formula is C22H31N3O3. The molecule has 152 valence electrons. The van der Waals surface area contributed by atoms with Gasteiger partial charge in [0, 0.05) is 32.7 Å². The number of benzene rings is 1.